The Morgan fingerprint density at radius 2 is 1.89 bits per heavy atom. The molecule has 1 atom stereocenters. The Morgan fingerprint density at radius 1 is 1.06 bits per heavy atom. The van der Waals surface area contributed by atoms with Crippen molar-refractivity contribution in [3.63, 3.8) is 0 Å². The summed E-state index contributed by atoms with van der Waals surface area (Å²) in [5.41, 5.74) is 2.05. The molecule has 0 aliphatic rings. The van der Waals surface area contributed by atoms with E-state index in [1.807, 2.05) is 35.7 Å². The SMILES string of the molecule is Cc1cccc2nc(CPc3ccccc3)nn12. The van der Waals surface area contributed by atoms with Crippen molar-refractivity contribution >= 4 is 19.5 Å². The quantitative estimate of drug-likeness (QED) is 0.673. The molecule has 18 heavy (non-hydrogen) atoms. The maximum Gasteiger partial charge on any atom is 0.156 e. The van der Waals surface area contributed by atoms with E-state index in [0.29, 0.717) is 0 Å². The third kappa shape index (κ3) is 2.27. The molecule has 0 saturated carbocycles. The number of hydrogen-bond donors (Lipinski definition) is 0. The van der Waals surface area contributed by atoms with Gasteiger partial charge in [-0.05, 0) is 24.4 Å². The first-order chi connectivity index (χ1) is 8.83. The van der Waals surface area contributed by atoms with E-state index in [4.69, 9.17) is 0 Å². The molecule has 0 fully saturated rings. The largest absolute Gasteiger partial charge is 0.218 e. The van der Waals surface area contributed by atoms with Crippen LogP contribution in [0, 0.1) is 6.92 Å². The minimum absolute atomic E-state index is 0.725. The first-order valence-electron chi connectivity index (χ1n) is 5.93. The fraction of sp³-hybridized carbons (Fsp3) is 0.143. The molecule has 0 radical (unpaired) electrons. The van der Waals surface area contributed by atoms with Gasteiger partial charge in [0.15, 0.2) is 11.5 Å². The maximum atomic E-state index is 4.55. The zero-order valence-corrected chi connectivity index (χ0v) is 11.2. The number of aromatic nitrogens is 3. The summed E-state index contributed by atoms with van der Waals surface area (Å²) in [6.45, 7) is 2.05. The van der Waals surface area contributed by atoms with Crippen LogP contribution in [-0.2, 0) is 6.16 Å². The lowest BCUT2D eigenvalue weighted by molar-refractivity contribution is 0.887. The van der Waals surface area contributed by atoms with Crippen LogP contribution in [0.1, 0.15) is 11.5 Å². The van der Waals surface area contributed by atoms with Crippen molar-refractivity contribution < 1.29 is 0 Å². The van der Waals surface area contributed by atoms with E-state index in [2.05, 4.69) is 34.3 Å². The van der Waals surface area contributed by atoms with Crippen molar-refractivity contribution in [1.82, 2.24) is 14.6 Å². The third-order valence-electron chi connectivity index (χ3n) is 2.82. The number of nitrogens with zero attached hydrogens (tertiary/aromatic N) is 3. The second-order valence-corrected chi connectivity index (χ2v) is 5.47. The molecule has 0 bridgehead atoms. The van der Waals surface area contributed by atoms with E-state index >= 15 is 0 Å². The molecule has 0 aliphatic carbocycles. The van der Waals surface area contributed by atoms with Gasteiger partial charge in [-0.15, -0.1) is 0 Å². The Hall–Kier alpha value is -1.73. The zero-order chi connectivity index (χ0) is 12.4. The fourth-order valence-corrected chi connectivity index (χ4v) is 2.83. The Bertz CT molecular complexity index is 661. The lowest BCUT2D eigenvalue weighted by Gasteiger charge is -1.97. The topological polar surface area (TPSA) is 30.2 Å². The van der Waals surface area contributed by atoms with E-state index in [-0.39, 0.29) is 0 Å². The van der Waals surface area contributed by atoms with Crippen LogP contribution in [0.3, 0.4) is 0 Å². The first kappa shape index (κ1) is 11.4. The monoisotopic (exact) mass is 255 g/mol. The van der Waals surface area contributed by atoms with Crippen molar-refractivity contribution in [3.8, 4) is 0 Å². The number of aryl methyl sites for hydroxylation is 1. The summed E-state index contributed by atoms with van der Waals surface area (Å²) in [7, 11) is 0.725. The van der Waals surface area contributed by atoms with E-state index in [1.165, 1.54) is 5.30 Å². The minimum atomic E-state index is 0.725. The normalized spacial score (nSPS) is 11.6. The lowest BCUT2D eigenvalue weighted by Crippen LogP contribution is -1.95. The summed E-state index contributed by atoms with van der Waals surface area (Å²) in [4.78, 5) is 4.55. The molecule has 3 aromatic rings. The molecule has 1 aromatic carbocycles. The van der Waals surface area contributed by atoms with Crippen LogP contribution in [0.25, 0.3) is 5.65 Å². The predicted octanol–water partition coefficient (Wildman–Crippen LogP) is 2.54. The van der Waals surface area contributed by atoms with Gasteiger partial charge in [0.25, 0.3) is 0 Å². The van der Waals surface area contributed by atoms with Crippen molar-refractivity contribution in [2.24, 2.45) is 0 Å². The second-order valence-electron chi connectivity index (χ2n) is 4.18. The molecule has 3 nitrogen and oxygen atoms in total. The van der Waals surface area contributed by atoms with Gasteiger partial charge in [-0.25, -0.2) is 9.50 Å². The van der Waals surface area contributed by atoms with E-state index in [9.17, 15) is 0 Å². The Morgan fingerprint density at radius 3 is 2.67 bits per heavy atom. The van der Waals surface area contributed by atoms with Crippen LogP contribution in [-0.4, -0.2) is 14.6 Å². The van der Waals surface area contributed by atoms with E-state index in [1.54, 1.807) is 0 Å². The molecule has 0 amide bonds. The summed E-state index contributed by atoms with van der Waals surface area (Å²) < 4.78 is 1.91. The average Bonchev–Trinajstić information content (AvgIpc) is 2.82. The molecule has 0 saturated heterocycles. The highest BCUT2D eigenvalue weighted by Crippen LogP contribution is 2.16. The van der Waals surface area contributed by atoms with Gasteiger partial charge in [0.1, 0.15) is 0 Å². The number of rotatable bonds is 3. The van der Waals surface area contributed by atoms with E-state index in [0.717, 1.165) is 31.9 Å². The van der Waals surface area contributed by atoms with Crippen LogP contribution < -0.4 is 5.30 Å². The van der Waals surface area contributed by atoms with Crippen molar-refractivity contribution in [3.05, 3.63) is 60.0 Å². The van der Waals surface area contributed by atoms with Crippen LogP contribution in [0.5, 0.6) is 0 Å². The molecule has 90 valence electrons. The minimum Gasteiger partial charge on any atom is -0.218 e. The summed E-state index contributed by atoms with van der Waals surface area (Å²) in [6, 6.07) is 16.6. The third-order valence-corrected chi connectivity index (χ3v) is 4.05. The van der Waals surface area contributed by atoms with Gasteiger partial charge < -0.3 is 0 Å². The standard InChI is InChI=1S/C14H14N3P/c1-11-6-5-9-14-15-13(16-17(11)14)10-18-12-7-3-2-4-8-12/h2-9,18H,10H2,1H3. The van der Waals surface area contributed by atoms with Gasteiger partial charge >= 0.3 is 0 Å². The highest BCUT2D eigenvalue weighted by atomic mass is 31.1. The summed E-state index contributed by atoms with van der Waals surface area (Å²) in [6.07, 6.45) is 0.908. The highest BCUT2D eigenvalue weighted by molar-refractivity contribution is 7.46. The Kier molecular flexibility index (Phi) is 3.07. The van der Waals surface area contributed by atoms with Gasteiger partial charge in [0, 0.05) is 11.9 Å². The van der Waals surface area contributed by atoms with Crippen LogP contribution in [0.4, 0.5) is 0 Å². The summed E-state index contributed by atoms with van der Waals surface area (Å²) in [5, 5.41) is 5.89. The predicted molar refractivity (Wildman–Crippen MR) is 75.8 cm³/mol. The van der Waals surface area contributed by atoms with Gasteiger partial charge in [0.05, 0.1) is 0 Å². The zero-order valence-electron chi connectivity index (χ0n) is 10.2. The molecular formula is C14H14N3P. The molecular weight excluding hydrogens is 241 g/mol. The number of fused-ring (bicyclic) bond motifs is 1. The fourth-order valence-electron chi connectivity index (χ4n) is 1.89. The maximum absolute atomic E-state index is 4.55. The average molecular weight is 255 g/mol. The van der Waals surface area contributed by atoms with Crippen molar-refractivity contribution in [1.29, 1.82) is 0 Å². The highest BCUT2D eigenvalue weighted by Gasteiger charge is 2.04. The molecule has 2 heterocycles. The van der Waals surface area contributed by atoms with Gasteiger partial charge in [0.2, 0.25) is 0 Å². The molecule has 2 aromatic heterocycles. The van der Waals surface area contributed by atoms with Gasteiger partial charge in [-0.1, -0.05) is 45.0 Å². The molecule has 1 unspecified atom stereocenters. The summed E-state index contributed by atoms with van der Waals surface area (Å²) >= 11 is 0. The molecule has 3 rings (SSSR count). The van der Waals surface area contributed by atoms with Crippen molar-refractivity contribution in [2.75, 3.05) is 0 Å². The summed E-state index contributed by atoms with van der Waals surface area (Å²) in [5.74, 6) is 0.923. The van der Waals surface area contributed by atoms with Gasteiger partial charge in [-0.2, -0.15) is 5.10 Å². The molecule has 0 aliphatic heterocycles. The molecule has 4 heteroatoms. The number of benzene rings is 1. The smallest absolute Gasteiger partial charge is 0.156 e. The van der Waals surface area contributed by atoms with Crippen LogP contribution in [0.15, 0.2) is 48.5 Å². The second kappa shape index (κ2) is 4.87. The van der Waals surface area contributed by atoms with Crippen molar-refractivity contribution in [2.45, 2.75) is 13.1 Å². The lowest BCUT2D eigenvalue weighted by atomic mass is 10.4. The molecule has 0 N–H and O–H groups in total. The Balaban J connectivity index is 1.81. The first-order valence-corrected chi connectivity index (χ1v) is 7.14. The van der Waals surface area contributed by atoms with Crippen LogP contribution in [0.2, 0.25) is 0 Å². The molecule has 0 spiro atoms. The number of pyridine rings is 1. The van der Waals surface area contributed by atoms with E-state index < -0.39 is 0 Å². The number of hydrogen-bond acceptors (Lipinski definition) is 2. The van der Waals surface area contributed by atoms with Crippen LogP contribution >= 0.6 is 8.58 Å². The van der Waals surface area contributed by atoms with Gasteiger partial charge in [-0.3, -0.25) is 0 Å². The Labute approximate surface area is 108 Å².